The summed E-state index contributed by atoms with van der Waals surface area (Å²) in [7, 11) is 0. The topological polar surface area (TPSA) is 51.2 Å². The van der Waals surface area contributed by atoms with Crippen LogP contribution in [0.15, 0.2) is 0 Å². The fourth-order valence-electron chi connectivity index (χ4n) is 0.964. The van der Waals surface area contributed by atoms with E-state index in [-0.39, 0.29) is 18.1 Å². The highest BCUT2D eigenvalue weighted by atomic mass is 32.1. The zero-order valence-corrected chi connectivity index (χ0v) is 11.2. The van der Waals surface area contributed by atoms with Gasteiger partial charge in [-0.3, -0.25) is 10.1 Å². The summed E-state index contributed by atoms with van der Waals surface area (Å²) >= 11 is 1.48. The van der Waals surface area contributed by atoms with Crippen LogP contribution in [0.4, 0.5) is 5.13 Å². The number of nitrogens with zero attached hydrogens (tertiary/aromatic N) is 1. The van der Waals surface area contributed by atoms with E-state index in [1.54, 1.807) is 0 Å². The number of hydrogen-bond acceptors (Lipinski definition) is 4. The molecule has 0 spiro atoms. The number of hydrogen-bond donors (Lipinski definition) is 1. The van der Waals surface area contributed by atoms with Crippen molar-refractivity contribution >= 4 is 22.4 Å². The minimum atomic E-state index is -0.300. The number of carbonyl (C=O) groups excluding carboxylic acids is 1. The van der Waals surface area contributed by atoms with Gasteiger partial charge >= 0.3 is 0 Å². The van der Waals surface area contributed by atoms with Crippen molar-refractivity contribution in [1.82, 2.24) is 4.98 Å². The predicted molar refractivity (Wildman–Crippen MR) is 65.9 cm³/mol. The van der Waals surface area contributed by atoms with Crippen molar-refractivity contribution in [2.24, 2.45) is 0 Å². The standard InChI is InChI=1S/C11H18N2O2S/c1-7-8(2)16-10(12-7)13-9(14)6-15-11(3,4)5/h6H2,1-5H3,(H,12,13,14). The Morgan fingerprint density at radius 2 is 2.06 bits per heavy atom. The van der Waals surface area contributed by atoms with Crippen LogP contribution in [0.3, 0.4) is 0 Å². The molecule has 1 N–H and O–H groups in total. The Bertz CT molecular complexity index is 360. The van der Waals surface area contributed by atoms with Crippen molar-refractivity contribution < 1.29 is 9.53 Å². The smallest absolute Gasteiger partial charge is 0.252 e. The summed E-state index contributed by atoms with van der Waals surface area (Å²) in [6.07, 6.45) is 0. The highest BCUT2D eigenvalue weighted by molar-refractivity contribution is 7.15. The van der Waals surface area contributed by atoms with Crippen LogP contribution in [-0.4, -0.2) is 23.1 Å². The maximum atomic E-state index is 11.5. The lowest BCUT2D eigenvalue weighted by molar-refractivity contribution is -0.125. The second-order valence-electron chi connectivity index (χ2n) is 4.61. The quantitative estimate of drug-likeness (QED) is 0.886. The molecule has 0 radical (unpaired) electrons. The number of nitrogens with one attached hydrogen (secondary N) is 1. The van der Waals surface area contributed by atoms with E-state index in [1.165, 1.54) is 11.3 Å². The SMILES string of the molecule is Cc1nc(NC(=O)COC(C)(C)C)sc1C. The van der Waals surface area contributed by atoms with Crippen molar-refractivity contribution in [3.8, 4) is 0 Å². The lowest BCUT2D eigenvalue weighted by atomic mass is 10.2. The molecule has 0 saturated carbocycles. The normalized spacial score (nSPS) is 11.6. The first-order valence-electron chi connectivity index (χ1n) is 5.16. The number of amides is 1. The van der Waals surface area contributed by atoms with Crippen molar-refractivity contribution in [2.45, 2.75) is 40.2 Å². The van der Waals surface area contributed by atoms with Crippen molar-refractivity contribution in [2.75, 3.05) is 11.9 Å². The average molecular weight is 242 g/mol. The first-order chi connectivity index (χ1) is 7.28. The number of carbonyl (C=O) groups is 1. The second-order valence-corrected chi connectivity index (χ2v) is 5.81. The highest BCUT2D eigenvalue weighted by Crippen LogP contribution is 2.20. The molecule has 1 aromatic heterocycles. The molecule has 0 atom stereocenters. The molecule has 0 saturated heterocycles. The van der Waals surface area contributed by atoms with E-state index in [1.807, 2.05) is 34.6 Å². The maximum Gasteiger partial charge on any atom is 0.252 e. The molecule has 0 bridgehead atoms. The highest BCUT2D eigenvalue weighted by Gasteiger charge is 2.14. The van der Waals surface area contributed by atoms with Gasteiger partial charge in [-0.2, -0.15) is 0 Å². The average Bonchev–Trinajstić information content (AvgIpc) is 2.41. The summed E-state index contributed by atoms with van der Waals surface area (Å²) in [5.41, 5.74) is 0.656. The lowest BCUT2D eigenvalue weighted by Gasteiger charge is -2.18. The van der Waals surface area contributed by atoms with E-state index in [0.717, 1.165) is 10.6 Å². The summed E-state index contributed by atoms with van der Waals surface area (Å²) in [5, 5.41) is 3.36. The maximum absolute atomic E-state index is 11.5. The van der Waals surface area contributed by atoms with Crippen molar-refractivity contribution in [3.05, 3.63) is 10.6 Å². The Kier molecular flexibility index (Phi) is 4.04. The number of anilines is 1. The zero-order chi connectivity index (χ0) is 12.3. The van der Waals surface area contributed by atoms with Crippen LogP contribution in [0.5, 0.6) is 0 Å². The van der Waals surface area contributed by atoms with Gasteiger partial charge in [0.15, 0.2) is 5.13 Å². The van der Waals surface area contributed by atoms with Gasteiger partial charge in [0.05, 0.1) is 11.3 Å². The van der Waals surface area contributed by atoms with Gasteiger partial charge < -0.3 is 4.74 Å². The predicted octanol–water partition coefficient (Wildman–Crippen LogP) is 2.51. The third-order valence-electron chi connectivity index (χ3n) is 1.91. The molecule has 0 aliphatic carbocycles. The molecule has 0 aromatic carbocycles. The van der Waals surface area contributed by atoms with Crippen LogP contribution in [0.2, 0.25) is 0 Å². The van der Waals surface area contributed by atoms with E-state index >= 15 is 0 Å². The summed E-state index contributed by atoms with van der Waals surface area (Å²) in [6, 6.07) is 0. The minimum absolute atomic E-state index is 0.0567. The van der Waals surface area contributed by atoms with Gasteiger partial charge in [-0.05, 0) is 34.6 Å². The lowest BCUT2D eigenvalue weighted by Crippen LogP contribution is -2.27. The second kappa shape index (κ2) is 4.93. The van der Waals surface area contributed by atoms with Gasteiger partial charge in [0.1, 0.15) is 6.61 Å². The van der Waals surface area contributed by atoms with Gasteiger partial charge in [-0.25, -0.2) is 4.98 Å². The van der Waals surface area contributed by atoms with Gasteiger partial charge in [0.25, 0.3) is 5.91 Å². The van der Waals surface area contributed by atoms with Crippen molar-refractivity contribution in [1.29, 1.82) is 0 Å². The molecule has 0 aliphatic heterocycles. The third kappa shape index (κ3) is 4.28. The van der Waals surface area contributed by atoms with Gasteiger partial charge in [-0.1, -0.05) is 0 Å². The van der Waals surface area contributed by atoms with Gasteiger partial charge in [-0.15, -0.1) is 11.3 Å². The van der Waals surface area contributed by atoms with Crippen LogP contribution < -0.4 is 5.32 Å². The van der Waals surface area contributed by atoms with Crippen molar-refractivity contribution in [3.63, 3.8) is 0 Å². The van der Waals surface area contributed by atoms with Crippen LogP contribution in [-0.2, 0) is 9.53 Å². The molecule has 0 fully saturated rings. The summed E-state index contributed by atoms with van der Waals surface area (Å²) < 4.78 is 5.37. The molecular weight excluding hydrogens is 224 g/mol. The molecule has 16 heavy (non-hydrogen) atoms. The van der Waals surface area contributed by atoms with E-state index in [0.29, 0.717) is 5.13 Å². The fourth-order valence-corrected chi connectivity index (χ4v) is 1.79. The fraction of sp³-hybridized carbons (Fsp3) is 0.636. The monoisotopic (exact) mass is 242 g/mol. The number of rotatable bonds is 3. The molecule has 1 aromatic rings. The Labute approximate surface area is 100 Å². The van der Waals surface area contributed by atoms with Gasteiger partial charge in [0.2, 0.25) is 0 Å². The molecule has 1 amide bonds. The van der Waals surface area contributed by atoms with E-state index < -0.39 is 0 Å². The first kappa shape index (κ1) is 13.1. The zero-order valence-electron chi connectivity index (χ0n) is 10.4. The Balaban J connectivity index is 2.46. The molecule has 1 heterocycles. The minimum Gasteiger partial charge on any atom is -0.366 e. The molecule has 5 heteroatoms. The van der Waals surface area contributed by atoms with Gasteiger partial charge in [0, 0.05) is 4.88 Å². The molecule has 0 unspecified atom stereocenters. The Hall–Kier alpha value is -0.940. The number of ether oxygens (including phenoxy) is 1. The van der Waals surface area contributed by atoms with Crippen LogP contribution >= 0.6 is 11.3 Å². The number of thiazole rings is 1. The molecule has 90 valence electrons. The molecule has 4 nitrogen and oxygen atoms in total. The Morgan fingerprint density at radius 3 is 2.50 bits per heavy atom. The summed E-state index contributed by atoms with van der Waals surface area (Å²) in [6.45, 7) is 9.70. The molecular formula is C11H18N2O2S. The van der Waals surface area contributed by atoms with Crippen LogP contribution in [0, 0.1) is 13.8 Å². The Morgan fingerprint density at radius 1 is 1.44 bits per heavy atom. The van der Waals surface area contributed by atoms with E-state index in [9.17, 15) is 4.79 Å². The van der Waals surface area contributed by atoms with Crippen LogP contribution in [0.25, 0.3) is 0 Å². The van der Waals surface area contributed by atoms with Crippen LogP contribution in [0.1, 0.15) is 31.3 Å². The third-order valence-corrected chi connectivity index (χ3v) is 2.90. The summed E-state index contributed by atoms with van der Waals surface area (Å²) in [4.78, 5) is 16.9. The largest absolute Gasteiger partial charge is 0.366 e. The summed E-state index contributed by atoms with van der Waals surface area (Å²) in [5.74, 6) is -0.163. The molecule has 0 aliphatic rings. The van der Waals surface area contributed by atoms with E-state index in [2.05, 4.69) is 10.3 Å². The first-order valence-corrected chi connectivity index (χ1v) is 5.97. The molecule has 1 rings (SSSR count). The number of aryl methyl sites for hydroxylation is 2. The van der Waals surface area contributed by atoms with E-state index in [4.69, 9.17) is 4.74 Å². The number of aromatic nitrogens is 1.